The minimum absolute atomic E-state index is 0.0674. The van der Waals surface area contributed by atoms with E-state index in [0.717, 1.165) is 41.1 Å². The van der Waals surface area contributed by atoms with Crippen LogP contribution in [0, 0.1) is 0 Å². The van der Waals surface area contributed by atoms with E-state index in [9.17, 15) is 4.79 Å². The number of hydrogen-bond acceptors (Lipinski definition) is 8. The summed E-state index contributed by atoms with van der Waals surface area (Å²) < 4.78 is 11.9. The number of fused-ring (bicyclic) bond motifs is 1. The van der Waals surface area contributed by atoms with E-state index in [0.29, 0.717) is 29.2 Å². The zero-order valence-corrected chi connectivity index (χ0v) is 21.7. The van der Waals surface area contributed by atoms with Crippen LogP contribution in [0.25, 0.3) is 22.2 Å². The Morgan fingerprint density at radius 2 is 1.81 bits per heavy atom. The molecule has 1 amide bonds. The van der Waals surface area contributed by atoms with Crippen molar-refractivity contribution in [2.75, 3.05) is 31.6 Å². The molecule has 0 aliphatic heterocycles. The van der Waals surface area contributed by atoms with Gasteiger partial charge in [0.25, 0.3) is 0 Å². The maximum Gasteiger partial charge on any atom is 0.411 e. The lowest BCUT2D eigenvalue weighted by molar-refractivity contribution is 0.209. The highest BCUT2D eigenvalue weighted by molar-refractivity contribution is 9.10. The zero-order chi connectivity index (χ0) is 25.5. The van der Waals surface area contributed by atoms with Gasteiger partial charge >= 0.3 is 6.09 Å². The molecular formula is C26H27BrN6O3. The number of carbonyl (C=O) groups is 1. The Morgan fingerprint density at radius 3 is 2.50 bits per heavy atom. The molecule has 36 heavy (non-hydrogen) atoms. The molecule has 0 spiro atoms. The predicted molar refractivity (Wildman–Crippen MR) is 144 cm³/mol. The average molecular weight is 551 g/mol. The van der Waals surface area contributed by atoms with Crippen molar-refractivity contribution in [3.63, 3.8) is 0 Å². The third kappa shape index (κ3) is 6.27. The number of nitrogens with two attached hydrogens (primary N) is 1. The molecule has 10 heteroatoms. The molecule has 0 unspecified atom stereocenters. The average Bonchev–Trinajstić information content (AvgIpc) is 2.87. The third-order valence-electron chi connectivity index (χ3n) is 5.58. The second kappa shape index (κ2) is 11.8. The van der Waals surface area contributed by atoms with E-state index in [1.54, 1.807) is 6.20 Å². The molecule has 0 aliphatic carbocycles. The smallest absolute Gasteiger partial charge is 0.411 e. The molecule has 0 saturated carbocycles. The normalized spacial score (nSPS) is 11.0. The van der Waals surface area contributed by atoms with Crippen molar-refractivity contribution in [2.45, 2.75) is 13.8 Å². The Balaban J connectivity index is 1.53. The van der Waals surface area contributed by atoms with E-state index >= 15 is 0 Å². The van der Waals surface area contributed by atoms with Crippen LogP contribution in [0.1, 0.15) is 13.8 Å². The number of halogens is 1. The molecule has 4 aromatic rings. The van der Waals surface area contributed by atoms with Crippen molar-refractivity contribution < 1.29 is 14.3 Å². The number of benzene rings is 2. The first-order valence-electron chi connectivity index (χ1n) is 11.6. The fraction of sp³-hybridized carbons (Fsp3) is 0.231. The van der Waals surface area contributed by atoms with Crippen LogP contribution in [0.2, 0.25) is 0 Å². The number of pyridine rings is 1. The third-order valence-corrected chi connectivity index (χ3v) is 6.27. The van der Waals surface area contributed by atoms with Crippen LogP contribution in [0.5, 0.6) is 11.6 Å². The van der Waals surface area contributed by atoms with Crippen molar-refractivity contribution in [1.29, 1.82) is 0 Å². The molecular weight excluding hydrogens is 524 g/mol. The van der Waals surface area contributed by atoms with Gasteiger partial charge in [0.15, 0.2) is 5.65 Å². The van der Waals surface area contributed by atoms with Gasteiger partial charge in [-0.3, -0.25) is 0 Å². The van der Waals surface area contributed by atoms with Crippen LogP contribution in [0.3, 0.4) is 0 Å². The lowest BCUT2D eigenvalue weighted by Gasteiger charge is -2.18. The summed E-state index contributed by atoms with van der Waals surface area (Å²) in [5.74, 6) is 1.21. The SMILES string of the molecule is CCN(CC)CCOc1ccc(Nc2ncc3cc(-c4ccccc4Br)c(OC(N)=O)nc3n2)cc1. The summed E-state index contributed by atoms with van der Waals surface area (Å²) in [5, 5.41) is 3.85. The summed E-state index contributed by atoms with van der Waals surface area (Å²) in [7, 11) is 0. The maximum absolute atomic E-state index is 11.5. The number of hydrogen-bond donors (Lipinski definition) is 2. The minimum atomic E-state index is -0.957. The van der Waals surface area contributed by atoms with Crippen molar-refractivity contribution >= 4 is 44.7 Å². The Bertz CT molecular complexity index is 1350. The van der Waals surface area contributed by atoms with Crippen molar-refractivity contribution in [2.24, 2.45) is 5.73 Å². The highest BCUT2D eigenvalue weighted by atomic mass is 79.9. The predicted octanol–water partition coefficient (Wildman–Crippen LogP) is 5.38. The van der Waals surface area contributed by atoms with Crippen molar-refractivity contribution in [1.82, 2.24) is 19.9 Å². The van der Waals surface area contributed by atoms with Crippen LogP contribution in [0.4, 0.5) is 16.4 Å². The van der Waals surface area contributed by atoms with Crippen LogP contribution in [-0.2, 0) is 0 Å². The highest BCUT2D eigenvalue weighted by Gasteiger charge is 2.16. The Morgan fingerprint density at radius 1 is 1.06 bits per heavy atom. The highest BCUT2D eigenvalue weighted by Crippen LogP contribution is 2.36. The molecule has 0 aliphatic rings. The summed E-state index contributed by atoms with van der Waals surface area (Å²) in [6, 6.07) is 16.9. The number of nitrogens with zero attached hydrogens (tertiary/aromatic N) is 4. The molecule has 2 heterocycles. The fourth-order valence-electron chi connectivity index (χ4n) is 3.65. The largest absolute Gasteiger partial charge is 0.492 e. The minimum Gasteiger partial charge on any atom is -0.492 e. The van der Waals surface area contributed by atoms with Gasteiger partial charge in [0.2, 0.25) is 11.8 Å². The summed E-state index contributed by atoms with van der Waals surface area (Å²) >= 11 is 3.53. The van der Waals surface area contributed by atoms with Gasteiger partial charge in [-0.2, -0.15) is 9.97 Å². The molecule has 2 aromatic carbocycles. The number of ether oxygens (including phenoxy) is 2. The summed E-state index contributed by atoms with van der Waals surface area (Å²) in [6.07, 6.45) is 0.707. The van der Waals surface area contributed by atoms with Gasteiger partial charge in [0.05, 0.1) is 0 Å². The van der Waals surface area contributed by atoms with Gasteiger partial charge in [0, 0.05) is 39.4 Å². The van der Waals surface area contributed by atoms with Crippen LogP contribution in [-0.4, -0.2) is 52.2 Å². The molecule has 2 aromatic heterocycles. The number of primary amides is 1. The Labute approximate surface area is 217 Å². The first-order valence-corrected chi connectivity index (χ1v) is 12.4. The number of rotatable bonds is 10. The van der Waals surface area contributed by atoms with Crippen LogP contribution < -0.4 is 20.5 Å². The molecule has 0 radical (unpaired) electrons. The van der Waals surface area contributed by atoms with Crippen molar-refractivity contribution in [3.8, 4) is 22.8 Å². The standard InChI is InChI=1S/C26H27BrN6O3/c1-3-33(4-2)13-14-35-19-11-9-18(10-12-19)30-26-29-16-17-15-21(20-7-5-6-8-22(20)27)24(36-25(28)34)31-23(17)32-26/h5-12,15-16H,3-4,13-14H2,1-2H3,(H2,28,34)(H,29,30,31,32). The van der Waals surface area contributed by atoms with Crippen LogP contribution in [0.15, 0.2) is 65.3 Å². The monoisotopic (exact) mass is 550 g/mol. The van der Waals surface area contributed by atoms with Gasteiger partial charge in [-0.05, 0) is 49.5 Å². The Kier molecular flexibility index (Phi) is 8.29. The van der Waals surface area contributed by atoms with Gasteiger partial charge in [0.1, 0.15) is 12.4 Å². The lowest BCUT2D eigenvalue weighted by atomic mass is 10.1. The topological polar surface area (TPSA) is 115 Å². The number of nitrogens with one attached hydrogen (secondary N) is 1. The van der Waals surface area contributed by atoms with Crippen molar-refractivity contribution in [3.05, 3.63) is 65.3 Å². The summed E-state index contributed by atoms with van der Waals surface area (Å²) in [4.78, 5) is 27.2. The first-order chi connectivity index (χ1) is 17.5. The number of carbonyl (C=O) groups excluding carboxylic acids is 1. The zero-order valence-electron chi connectivity index (χ0n) is 20.1. The van der Waals surface area contributed by atoms with E-state index in [2.05, 4.69) is 54.9 Å². The van der Waals surface area contributed by atoms with Gasteiger partial charge in [-0.15, -0.1) is 0 Å². The second-order valence-corrected chi connectivity index (χ2v) is 8.73. The molecule has 4 rings (SSSR count). The summed E-state index contributed by atoms with van der Waals surface area (Å²) in [5.41, 5.74) is 7.83. The molecule has 0 atom stereocenters. The van der Waals surface area contributed by atoms with E-state index in [1.165, 1.54) is 0 Å². The Hall–Kier alpha value is -3.76. The second-order valence-electron chi connectivity index (χ2n) is 7.87. The van der Waals surface area contributed by atoms with Gasteiger partial charge < -0.3 is 25.4 Å². The molecule has 186 valence electrons. The number of aromatic nitrogens is 3. The molecule has 9 nitrogen and oxygen atoms in total. The molecule has 3 N–H and O–H groups in total. The number of anilines is 2. The number of amides is 1. The lowest BCUT2D eigenvalue weighted by Crippen LogP contribution is -2.27. The fourth-order valence-corrected chi connectivity index (χ4v) is 4.15. The first kappa shape index (κ1) is 25.3. The number of likely N-dealkylation sites (N-methyl/N-ethyl adjacent to an activating group) is 1. The molecule has 0 bridgehead atoms. The van der Waals surface area contributed by atoms with E-state index in [1.807, 2.05) is 54.6 Å². The molecule has 0 fully saturated rings. The maximum atomic E-state index is 11.5. The van der Waals surface area contributed by atoms with Crippen LogP contribution >= 0.6 is 15.9 Å². The quantitative estimate of drug-likeness (QED) is 0.270. The molecule has 0 saturated heterocycles. The summed E-state index contributed by atoms with van der Waals surface area (Å²) in [6.45, 7) is 7.80. The van der Waals surface area contributed by atoms with E-state index < -0.39 is 6.09 Å². The van der Waals surface area contributed by atoms with E-state index in [4.69, 9.17) is 15.2 Å². The van der Waals surface area contributed by atoms with E-state index in [-0.39, 0.29) is 5.88 Å². The van der Waals surface area contributed by atoms with Gasteiger partial charge in [-0.1, -0.05) is 48.0 Å². The van der Waals surface area contributed by atoms with Gasteiger partial charge in [-0.25, -0.2) is 9.78 Å².